The third kappa shape index (κ3) is 20.1. The molecule has 8 aliphatic rings. The molecule has 2 saturated carbocycles. The van der Waals surface area contributed by atoms with Crippen molar-refractivity contribution in [2.75, 3.05) is 0 Å². The highest BCUT2D eigenvalue weighted by atomic mass is 16.6. The number of carbonyl (C=O) groups is 6. The summed E-state index contributed by atoms with van der Waals surface area (Å²) in [7, 11) is 0. The zero-order chi connectivity index (χ0) is 85.0. The number of nitrogens with zero attached hydrogens (tertiary/aromatic N) is 6. The molecule has 1 aromatic carbocycles. The van der Waals surface area contributed by atoms with Crippen molar-refractivity contribution in [1.82, 2.24) is 30.4 Å². The number of hydroxylamine groups is 12. The minimum absolute atomic E-state index is 0.0333. The molecule has 1 unspecified atom stereocenters. The molecule has 24 nitrogen and oxygen atoms in total. The number of unbranched alkanes of at least 4 members (excludes halogenated alkanes) is 3. The van der Waals surface area contributed by atoms with Gasteiger partial charge in [-0.2, -0.15) is 30.4 Å². The van der Waals surface area contributed by atoms with Gasteiger partial charge in [-0.1, -0.05) is 77.5 Å². The van der Waals surface area contributed by atoms with E-state index in [-0.39, 0.29) is 38.5 Å². The van der Waals surface area contributed by atoms with Crippen LogP contribution in [0.4, 0.5) is 0 Å². The number of rotatable bonds is 33. The van der Waals surface area contributed by atoms with Crippen molar-refractivity contribution < 1.29 is 88.4 Å². The van der Waals surface area contributed by atoms with Crippen LogP contribution in [0, 0.1) is 16.2 Å². The van der Waals surface area contributed by atoms with Crippen LogP contribution < -0.4 is 0 Å². The number of ether oxygens (including phenoxy) is 6. The maximum Gasteiger partial charge on any atom is 0.323 e. The highest BCUT2D eigenvalue weighted by molar-refractivity contribution is 6.01. The average Bonchev–Trinajstić information content (AvgIpc) is 1.55. The van der Waals surface area contributed by atoms with E-state index in [9.17, 15) is 31.2 Å². The van der Waals surface area contributed by atoms with Crippen molar-refractivity contribution >= 4 is 35.8 Å². The Kier molecular flexibility index (Phi) is 28.0. The Morgan fingerprint density at radius 1 is 0.298 bits per heavy atom. The lowest BCUT2D eigenvalue weighted by atomic mass is 9.75. The first-order valence-electron chi connectivity index (χ1n) is 43.8. The summed E-state index contributed by atoms with van der Waals surface area (Å²) >= 11 is 0. The molecule has 24 heteroatoms. The number of aryl methyl sites for hydroxylation is 3. The molecule has 0 bridgehead atoms. The molecule has 650 valence electrons. The fourth-order valence-electron chi connectivity index (χ4n) is 22.0. The summed E-state index contributed by atoms with van der Waals surface area (Å²) in [6.07, 6.45) is 9.57. The second-order valence-corrected chi connectivity index (χ2v) is 43.3. The van der Waals surface area contributed by atoms with E-state index in [0.29, 0.717) is 154 Å². The Hall–Kier alpha value is -4.44. The Morgan fingerprint density at radius 3 is 0.719 bits per heavy atom. The van der Waals surface area contributed by atoms with Crippen LogP contribution in [-0.2, 0) is 76.5 Å². The molecule has 2 aliphatic carbocycles. The second-order valence-electron chi connectivity index (χ2n) is 43.3. The van der Waals surface area contributed by atoms with Crippen LogP contribution >= 0.6 is 0 Å². The third-order valence-electron chi connectivity index (χ3n) is 28.1. The van der Waals surface area contributed by atoms with E-state index in [1.165, 1.54) is 25.3 Å². The second kappa shape index (κ2) is 34.2. The zero-order valence-corrected chi connectivity index (χ0v) is 74.5. The van der Waals surface area contributed by atoms with Crippen molar-refractivity contribution in [2.24, 2.45) is 16.2 Å². The van der Waals surface area contributed by atoms with Gasteiger partial charge in [0.05, 0.1) is 11.1 Å². The largest absolute Gasteiger partial charge is 0.461 e. The van der Waals surface area contributed by atoms with Gasteiger partial charge in [0.15, 0.2) is 16.2 Å². The molecule has 6 aliphatic heterocycles. The van der Waals surface area contributed by atoms with Gasteiger partial charge in [-0.15, -0.1) is 0 Å². The number of benzene rings is 1. The average molecular weight is 1610 g/mol. The first-order valence-corrected chi connectivity index (χ1v) is 43.8. The maximum atomic E-state index is 15.8. The molecule has 114 heavy (non-hydrogen) atoms. The predicted octanol–water partition coefficient (Wildman–Crippen LogP) is 17.4. The van der Waals surface area contributed by atoms with Gasteiger partial charge in [0.2, 0.25) is 0 Å². The maximum absolute atomic E-state index is 15.8. The van der Waals surface area contributed by atoms with E-state index in [1.807, 2.05) is 165 Å². The van der Waals surface area contributed by atoms with Gasteiger partial charge < -0.3 is 59.7 Å². The van der Waals surface area contributed by atoms with Crippen molar-refractivity contribution in [3.63, 3.8) is 0 Å². The first kappa shape index (κ1) is 93.4. The number of piperidine rings is 6. The lowest BCUT2D eigenvalue weighted by Gasteiger charge is -2.51. The van der Waals surface area contributed by atoms with Crippen molar-refractivity contribution in [3.8, 4) is 0 Å². The fourth-order valence-corrected chi connectivity index (χ4v) is 22.0. The molecule has 0 amide bonds. The van der Waals surface area contributed by atoms with Crippen LogP contribution in [0.25, 0.3) is 0 Å². The molecule has 6 saturated heterocycles. The van der Waals surface area contributed by atoms with Crippen molar-refractivity contribution in [1.29, 1.82) is 0 Å². The van der Waals surface area contributed by atoms with Crippen LogP contribution in [0.2, 0.25) is 0 Å². The molecule has 6 heterocycles. The van der Waals surface area contributed by atoms with Crippen molar-refractivity contribution in [2.45, 2.75) is 481 Å². The summed E-state index contributed by atoms with van der Waals surface area (Å²) in [6, 6.07) is 6.24. The Bertz CT molecular complexity index is 3290. The van der Waals surface area contributed by atoms with Gasteiger partial charge in [-0.05, 0) is 258 Å². The summed E-state index contributed by atoms with van der Waals surface area (Å²) in [4.78, 5) is 94.4. The normalized spacial score (nSPS) is 25.7. The van der Waals surface area contributed by atoms with Gasteiger partial charge in [0.1, 0.15) is 36.6 Å². The first-order chi connectivity index (χ1) is 52.5. The Balaban J connectivity index is 1.10. The van der Waals surface area contributed by atoms with E-state index >= 15 is 28.8 Å². The lowest BCUT2D eigenvalue weighted by molar-refractivity contribution is -0.263. The molecule has 9 rings (SSSR count). The van der Waals surface area contributed by atoms with Gasteiger partial charge >= 0.3 is 35.8 Å². The van der Waals surface area contributed by atoms with Crippen molar-refractivity contribution in [3.05, 3.63) is 34.9 Å². The quantitative estimate of drug-likeness (QED) is 0.0216. The van der Waals surface area contributed by atoms with Crippen LogP contribution in [0.15, 0.2) is 18.2 Å². The molecule has 8 fully saturated rings. The fraction of sp³-hybridized carbons (Fsp3) is 0.867. The van der Waals surface area contributed by atoms with E-state index < -0.39 is 155 Å². The van der Waals surface area contributed by atoms with Gasteiger partial charge in [-0.25, -0.2) is 0 Å². The highest BCUT2D eigenvalue weighted by Crippen LogP contribution is 2.61. The highest BCUT2D eigenvalue weighted by Gasteiger charge is 2.67. The van der Waals surface area contributed by atoms with Crippen LogP contribution in [0.3, 0.4) is 0 Å². The summed E-state index contributed by atoms with van der Waals surface area (Å²) in [5.41, 5.74) is -11.3. The van der Waals surface area contributed by atoms with E-state index in [1.54, 1.807) is 5.06 Å². The van der Waals surface area contributed by atoms with Gasteiger partial charge in [-0.3, -0.25) is 28.8 Å². The molecular weight excluding hydrogens is 1450 g/mol. The Morgan fingerprint density at radius 2 is 0.500 bits per heavy atom. The lowest BCUT2D eigenvalue weighted by Crippen LogP contribution is -2.61. The molecule has 2 spiro atoms. The SMILES string of the molecule is CCCCC(CCCc1ccc(CCCC(CCCC)(C(=O)OC2CC(C)(C)N(O)C(C)(C)C2)C(=O)OC2CC3(CC3)N(O)C3(CC3)C2)c(CCCC(CCCC)(C(=O)OC2CC(C)(C)N(O)C(C)(C)C2)C(=O)OC2CC(C)(C)N(O)C(C)(C)C2)c1)(C(=O)OC1CC(C)(C)N(O)C(C)(C)C1)C(=O)OC1CC(C)(C)N(O)C(C)(C)C1. The molecule has 1 aromatic rings. The molecule has 1 atom stereocenters. The minimum atomic E-state index is -1.79. The van der Waals surface area contributed by atoms with Gasteiger partial charge in [0.25, 0.3) is 0 Å². The summed E-state index contributed by atoms with van der Waals surface area (Å²) < 4.78 is 40.0. The number of esters is 6. The number of hydrogen-bond acceptors (Lipinski definition) is 24. The molecular formula is C90H152N6O18. The topological polar surface area (TPSA) is 299 Å². The zero-order valence-electron chi connectivity index (χ0n) is 74.5. The molecule has 6 N–H and O–H groups in total. The summed E-state index contributed by atoms with van der Waals surface area (Å²) in [6.45, 7) is 44.1. The monoisotopic (exact) mass is 1610 g/mol. The summed E-state index contributed by atoms with van der Waals surface area (Å²) in [5, 5.41) is 76.8. The number of hydrogen-bond donors (Lipinski definition) is 6. The molecule has 0 aromatic heterocycles. The number of carbonyl (C=O) groups excluding carboxylic acids is 6. The minimum Gasteiger partial charge on any atom is -0.461 e. The van der Waals surface area contributed by atoms with E-state index in [0.717, 1.165) is 42.4 Å². The van der Waals surface area contributed by atoms with Crippen LogP contribution in [0.1, 0.15) is 375 Å². The molecule has 0 radical (unpaired) electrons. The van der Waals surface area contributed by atoms with E-state index in [2.05, 4.69) is 12.1 Å². The predicted molar refractivity (Wildman–Crippen MR) is 432 cm³/mol. The third-order valence-corrected chi connectivity index (χ3v) is 28.1. The van der Waals surface area contributed by atoms with E-state index in [4.69, 9.17) is 28.4 Å². The van der Waals surface area contributed by atoms with Crippen LogP contribution in [-0.4, -0.2) is 201 Å². The smallest absolute Gasteiger partial charge is 0.323 e. The standard InChI is InChI=1S/C90H152N6O18/c1-24-27-38-88(70(97)109-64-49-76(4,5)91(103)77(6,7)50-64,71(98)110-65-51-78(8,9)92(104)79(10,11)52-65)41-30-33-61-36-37-62(34-31-42-89(39-28-25-2,72(99)111-66-53-80(12,13)93(105)81(14,15)54-66)75(102)114-69-59-86(44-45-86)96(108)87(60-69)46-47-87)63(48-61)35-32-43-90(40-29-26-3,73(100)112-67-55-82(16,17)94(106)83(18,19)56-67)74(101)113-68-57-84(20,21)95(107)85(22,23)58-68/h36-37,48,64-69,103-108H,24-35,38-47,49-60H2,1-23H3. The van der Waals surface area contributed by atoms with Crippen LogP contribution in [0.5, 0.6) is 0 Å². The van der Waals surface area contributed by atoms with Gasteiger partial charge in [0, 0.05) is 132 Å². The Labute approximate surface area is 683 Å². The summed E-state index contributed by atoms with van der Waals surface area (Å²) in [5.74, 6) is -3.98.